The van der Waals surface area contributed by atoms with E-state index >= 15 is 0 Å². The summed E-state index contributed by atoms with van der Waals surface area (Å²) in [5.41, 5.74) is 5.67. The molecule has 0 spiro atoms. The molecule has 40 heavy (non-hydrogen) atoms. The number of benzene rings is 3. The first-order chi connectivity index (χ1) is 19.6. The molecule has 0 atom stereocenters. The van der Waals surface area contributed by atoms with Gasteiger partial charge < -0.3 is 20.9 Å². The summed E-state index contributed by atoms with van der Waals surface area (Å²) >= 11 is 0. The van der Waals surface area contributed by atoms with Crippen LogP contribution in [0.15, 0.2) is 97.3 Å². The van der Waals surface area contributed by atoms with Crippen LogP contribution in [0.4, 0.5) is 17.2 Å². The van der Waals surface area contributed by atoms with Crippen LogP contribution in [0.1, 0.15) is 20.7 Å². The lowest BCUT2D eigenvalue weighted by atomic mass is 10.1. The first-order valence-electron chi connectivity index (χ1n) is 13.1. The molecule has 3 N–H and O–H groups in total. The highest BCUT2D eigenvalue weighted by molar-refractivity contribution is 6.04. The number of amides is 2. The fraction of sp³-hybridized carbons (Fsp3) is 0.129. The molecule has 6 rings (SSSR count). The average Bonchev–Trinajstić information content (AvgIpc) is 3.02. The summed E-state index contributed by atoms with van der Waals surface area (Å²) in [7, 11) is 0. The van der Waals surface area contributed by atoms with E-state index in [1.54, 1.807) is 12.1 Å². The molecule has 1 aliphatic rings. The molecule has 9 nitrogen and oxygen atoms in total. The smallest absolute Gasteiger partial charge is 0.255 e. The normalized spacial score (nSPS) is 13.2. The molecule has 0 saturated carbocycles. The lowest BCUT2D eigenvalue weighted by molar-refractivity contribution is 0.0735. The van der Waals surface area contributed by atoms with Crippen molar-refractivity contribution in [3.63, 3.8) is 0 Å². The summed E-state index contributed by atoms with van der Waals surface area (Å²) in [5, 5.41) is 9.45. The van der Waals surface area contributed by atoms with Crippen LogP contribution in [0, 0.1) is 0 Å². The quantitative estimate of drug-likeness (QED) is 0.291. The predicted molar refractivity (Wildman–Crippen MR) is 156 cm³/mol. The summed E-state index contributed by atoms with van der Waals surface area (Å²) in [4.78, 5) is 40.9. The zero-order valence-electron chi connectivity index (χ0n) is 21.7. The van der Waals surface area contributed by atoms with Crippen LogP contribution in [-0.4, -0.2) is 57.8 Å². The van der Waals surface area contributed by atoms with Crippen LogP contribution in [-0.2, 0) is 0 Å². The third-order valence-corrected chi connectivity index (χ3v) is 6.76. The SMILES string of the molecule is O=C(Nc1ccccc1)c1ccc(Nc2ncnc3ccc(-c4ccc(C(=O)N5CCNCC5)cc4)nc23)cc1. The van der Waals surface area contributed by atoms with Gasteiger partial charge in [0.25, 0.3) is 11.8 Å². The topological polar surface area (TPSA) is 112 Å². The van der Waals surface area contributed by atoms with Crippen molar-refractivity contribution in [1.82, 2.24) is 25.2 Å². The minimum Gasteiger partial charge on any atom is -0.338 e. The van der Waals surface area contributed by atoms with Crippen LogP contribution in [0.2, 0.25) is 0 Å². The summed E-state index contributed by atoms with van der Waals surface area (Å²) in [6.07, 6.45) is 1.49. The van der Waals surface area contributed by atoms with E-state index in [4.69, 9.17) is 4.98 Å². The number of nitrogens with one attached hydrogen (secondary N) is 3. The number of pyridine rings is 1. The molecule has 1 fully saturated rings. The molecule has 0 radical (unpaired) electrons. The van der Waals surface area contributed by atoms with Crippen molar-refractivity contribution in [1.29, 1.82) is 0 Å². The Balaban J connectivity index is 1.19. The number of nitrogens with zero attached hydrogens (tertiary/aromatic N) is 4. The number of anilines is 3. The predicted octanol–water partition coefficient (Wildman–Crippen LogP) is 4.73. The third kappa shape index (κ3) is 5.50. The Labute approximate surface area is 231 Å². The number of carbonyl (C=O) groups excluding carboxylic acids is 2. The summed E-state index contributed by atoms with van der Waals surface area (Å²) in [6, 6.07) is 27.8. The Morgan fingerprint density at radius 2 is 1.48 bits per heavy atom. The number of aromatic nitrogens is 3. The Bertz CT molecular complexity index is 1650. The number of piperazine rings is 1. The molecule has 0 unspecified atom stereocenters. The molecule has 2 aromatic heterocycles. The van der Waals surface area contributed by atoms with E-state index in [1.165, 1.54) is 6.33 Å². The zero-order valence-corrected chi connectivity index (χ0v) is 21.7. The van der Waals surface area contributed by atoms with Crippen LogP contribution < -0.4 is 16.0 Å². The second kappa shape index (κ2) is 11.3. The highest BCUT2D eigenvalue weighted by atomic mass is 16.2. The maximum absolute atomic E-state index is 12.8. The first-order valence-corrected chi connectivity index (χ1v) is 13.1. The number of hydrogen-bond acceptors (Lipinski definition) is 7. The molecular weight excluding hydrogens is 502 g/mol. The van der Waals surface area contributed by atoms with Crippen LogP contribution >= 0.6 is 0 Å². The van der Waals surface area contributed by atoms with E-state index in [0.717, 1.165) is 35.7 Å². The molecule has 198 valence electrons. The molecule has 3 heterocycles. The number of carbonyl (C=O) groups is 2. The average molecular weight is 530 g/mol. The standard InChI is InChI=1S/C31H27N7O2/c39-30(36-24-4-2-1-3-5-24)22-10-12-25(13-11-22)35-29-28-27(33-20-34-29)15-14-26(37-28)21-6-8-23(9-7-21)31(40)38-18-16-32-17-19-38/h1-15,20,32H,16-19H2,(H,36,39)(H,33,34,35). The summed E-state index contributed by atoms with van der Waals surface area (Å²) in [5.74, 6) is 0.416. The van der Waals surface area contributed by atoms with Crippen LogP contribution in [0.5, 0.6) is 0 Å². The van der Waals surface area contributed by atoms with Gasteiger partial charge in [0.1, 0.15) is 11.8 Å². The van der Waals surface area contributed by atoms with Crippen molar-refractivity contribution in [2.75, 3.05) is 36.8 Å². The fourth-order valence-corrected chi connectivity index (χ4v) is 4.59. The lowest BCUT2D eigenvalue weighted by Crippen LogP contribution is -2.46. The molecular formula is C31H27N7O2. The van der Waals surface area contributed by atoms with E-state index < -0.39 is 0 Å². The Hall–Kier alpha value is -5.15. The molecule has 9 heteroatoms. The minimum absolute atomic E-state index is 0.0444. The molecule has 5 aromatic rings. The van der Waals surface area contributed by atoms with Crippen LogP contribution in [0.3, 0.4) is 0 Å². The Morgan fingerprint density at radius 1 is 0.750 bits per heavy atom. The number of para-hydroxylation sites is 1. The van der Waals surface area contributed by atoms with Crippen molar-refractivity contribution in [3.8, 4) is 11.3 Å². The van der Waals surface area contributed by atoms with Gasteiger partial charge in [-0.2, -0.15) is 0 Å². The second-order valence-corrected chi connectivity index (χ2v) is 9.43. The number of rotatable bonds is 6. The Morgan fingerprint density at radius 3 is 2.23 bits per heavy atom. The van der Waals surface area contributed by atoms with Gasteiger partial charge in [-0.25, -0.2) is 15.0 Å². The minimum atomic E-state index is -0.183. The molecule has 1 aliphatic heterocycles. The van der Waals surface area contributed by atoms with Gasteiger partial charge in [0.2, 0.25) is 0 Å². The van der Waals surface area contributed by atoms with E-state index in [-0.39, 0.29) is 11.8 Å². The lowest BCUT2D eigenvalue weighted by Gasteiger charge is -2.27. The fourth-order valence-electron chi connectivity index (χ4n) is 4.59. The van der Waals surface area contributed by atoms with Crippen molar-refractivity contribution in [3.05, 3.63) is 108 Å². The monoisotopic (exact) mass is 529 g/mol. The van der Waals surface area contributed by atoms with Gasteiger partial charge in [-0.05, 0) is 60.7 Å². The van der Waals surface area contributed by atoms with Crippen molar-refractivity contribution >= 4 is 40.0 Å². The summed E-state index contributed by atoms with van der Waals surface area (Å²) in [6.45, 7) is 3.06. The molecule has 3 aromatic carbocycles. The number of hydrogen-bond donors (Lipinski definition) is 3. The van der Waals surface area contributed by atoms with E-state index in [1.807, 2.05) is 83.8 Å². The largest absolute Gasteiger partial charge is 0.338 e. The van der Waals surface area contributed by atoms with Gasteiger partial charge in [-0.15, -0.1) is 0 Å². The molecule has 1 saturated heterocycles. The van der Waals surface area contributed by atoms with Gasteiger partial charge in [0.15, 0.2) is 5.82 Å². The van der Waals surface area contributed by atoms with Crippen molar-refractivity contribution in [2.45, 2.75) is 0 Å². The second-order valence-electron chi connectivity index (χ2n) is 9.43. The third-order valence-electron chi connectivity index (χ3n) is 6.76. The van der Waals surface area contributed by atoms with Crippen molar-refractivity contribution < 1.29 is 9.59 Å². The molecule has 0 bridgehead atoms. The van der Waals surface area contributed by atoms with Gasteiger partial charge in [0.05, 0.1) is 11.2 Å². The van der Waals surface area contributed by atoms with Crippen LogP contribution in [0.25, 0.3) is 22.3 Å². The van der Waals surface area contributed by atoms with E-state index in [2.05, 4.69) is 25.9 Å². The maximum Gasteiger partial charge on any atom is 0.255 e. The van der Waals surface area contributed by atoms with Gasteiger partial charge >= 0.3 is 0 Å². The summed E-state index contributed by atoms with van der Waals surface area (Å²) < 4.78 is 0. The van der Waals surface area contributed by atoms with Gasteiger partial charge in [0, 0.05) is 54.2 Å². The zero-order chi connectivity index (χ0) is 27.3. The highest BCUT2D eigenvalue weighted by Gasteiger charge is 2.18. The Kier molecular flexibility index (Phi) is 7.11. The molecule has 2 amide bonds. The maximum atomic E-state index is 12.8. The first kappa shape index (κ1) is 25.1. The van der Waals surface area contributed by atoms with E-state index in [0.29, 0.717) is 41.1 Å². The van der Waals surface area contributed by atoms with Gasteiger partial charge in [-0.3, -0.25) is 9.59 Å². The van der Waals surface area contributed by atoms with Gasteiger partial charge in [-0.1, -0.05) is 30.3 Å². The van der Waals surface area contributed by atoms with E-state index in [9.17, 15) is 9.59 Å². The number of fused-ring (bicyclic) bond motifs is 1. The van der Waals surface area contributed by atoms with Crippen molar-refractivity contribution in [2.24, 2.45) is 0 Å². The highest BCUT2D eigenvalue weighted by Crippen LogP contribution is 2.26. The molecule has 0 aliphatic carbocycles.